The lowest BCUT2D eigenvalue weighted by molar-refractivity contribution is 0.0356. The van der Waals surface area contributed by atoms with Crippen LogP contribution in [0.4, 0.5) is 4.39 Å². The monoisotopic (exact) mass is 363 g/mol. The van der Waals surface area contributed by atoms with Gasteiger partial charge in [-0.2, -0.15) is 0 Å². The number of hydrogen-bond acceptors (Lipinski definition) is 3. The minimum atomic E-state index is -0.746. The highest BCUT2D eigenvalue weighted by Gasteiger charge is 2.31. The number of amides is 2. The molecule has 0 fully saturated rings. The smallest absolute Gasteiger partial charge is 0.267 e. The van der Waals surface area contributed by atoms with Crippen molar-refractivity contribution in [2.75, 3.05) is 0 Å². The molecule has 1 N–H and O–H groups in total. The number of hydrazine groups is 1. The molecule has 2 rings (SSSR count). The van der Waals surface area contributed by atoms with Crippen molar-refractivity contribution >= 4 is 23.4 Å². The molecule has 0 atom stereocenters. The normalized spacial score (nSPS) is 11.1. The number of nitrogens with zero attached hydrogens (tertiary/aromatic N) is 2. The lowest BCUT2D eigenvalue weighted by Gasteiger charge is -2.35. The van der Waals surface area contributed by atoms with Crippen LogP contribution < -0.4 is 5.43 Å². The average Bonchev–Trinajstić information content (AvgIpc) is 2.51. The largest absolute Gasteiger partial charge is 0.274 e. The second-order valence-corrected chi connectivity index (χ2v) is 6.89. The number of carbonyl (C=O) groups is 2. The number of benzene rings is 1. The van der Waals surface area contributed by atoms with E-state index >= 15 is 0 Å². The molecule has 5 nitrogen and oxygen atoms in total. The molecule has 0 aliphatic carbocycles. The maximum atomic E-state index is 13.8. The van der Waals surface area contributed by atoms with Crippen molar-refractivity contribution in [2.24, 2.45) is 0 Å². The fraction of sp³-hybridized carbons (Fsp3) is 0.278. The highest BCUT2D eigenvalue weighted by molar-refractivity contribution is 6.29. The Kier molecular flexibility index (Phi) is 5.42. The van der Waals surface area contributed by atoms with E-state index in [0.717, 1.165) is 0 Å². The van der Waals surface area contributed by atoms with Crippen LogP contribution in [-0.2, 0) is 0 Å². The van der Waals surface area contributed by atoms with Gasteiger partial charge in [-0.1, -0.05) is 23.7 Å². The van der Waals surface area contributed by atoms with Gasteiger partial charge in [0.05, 0.1) is 22.4 Å². The summed E-state index contributed by atoms with van der Waals surface area (Å²) in [4.78, 5) is 29.4. The van der Waals surface area contributed by atoms with Crippen LogP contribution in [0, 0.1) is 12.7 Å². The van der Waals surface area contributed by atoms with Gasteiger partial charge < -0.3 is 0 Å². The number of aryl methyl sites for hydroxylation is 1. The predicted octanol–water partition coefficient (Wildman–Crippen LogP) is 3.77. The van der Waals surface area contributed by atoms with Crippen LogP contribution in [0.25, 0.3) is 0 Å². The summed E-state index contributed by atoms with van der Waals surface area (Å²) in [5.41, 5.74) is 2.35. The fourth-order valence-electron chi connectivity index (χ4n) is 2.21. The summed E-state index contributed by atoms with van der Waals surface area (Å²) in [6, 6.07) is 8.62. The first-order chi connectivity index (χ1) is 11.6. The molecule has 0 spiro atoms. The Bertz CT molecular complexity index is 818. The molecule has 0 aliphatic rings. The molecule has 25 heavy (non-hydrogen) atoms. The van der Waals surface area contributed by atoms with Crippen molar-refractivity contribution in [1.82, 2.24) is 15.4 Å². The van der Waals surface area contributed by atoms with Gasteiger partial charge in [-0.15, -0.1) is 0 Å². The summed E-state index contributed by atoms with van der Waals surface area (Å²) >= 11 is 5.83. The second kappa shape index (κ2) is 7.19. The molecule has 0 unspecified atom stereocenters. The zero-order valence-electron chi connectivity index (χ0n) is 14.4. The van der Waals surface area contributed by atoms with Gasteiger partial charge in [0, 0.05) is 0 Å². The minimum absolute atomic E-state index is 0.143. The number of rotatable bonds is 2. The molecule has 2 amide bonds. The third kappa shape index (κ3) is 4.33. The van der Waals surface area contributed by atoms with E-state index in [9.17, 15) is 14.0 Å². The molecule has 1 heterocycles. The Labute approximate surface area is 150 Å². The van der Waals surface area contributed by atoms with Crippen LogP contribution in [0.5, 0.6) is 0 Å². The van der Waals surface area contributed by atoms with E-state index in [1.54, 1.807) is 39.8 Å². The average molecular weight is 364 g/mol. The van der Waals surface area contributed by atoms with E-state index in [4.69, 9.17) is 11.6 Å². The molecule has 0 aliphatic heterocycles. The van der Waals surface area contributed by atoms with Crippen molar-refractivity contribution in [2.45, 2.75) is 33.2 Å². The Morgan fingerprint density at radius 3 is 2.32 bits per heavy atom. The van der Waals surface area contributed by atoms with Gasteiger partial charge in [-0.05, 0) is 52.0 Å². The molecule has 0 saturated carbocycles. The standard InChI is InChI=1S/C18H19ClFN3O2/c1-11-12(9-10-15(19)21-11)17(25)23(18(2,3)4)22-16(24)13-7-5-6-8-14(13)20/h5-10H,1-4H3,(H,22,24). The molecule has 2 aromatic rings. The van der Waals surface area contributed by atoms with Crippen molar-refractivity contribution < 1.29 is 14.0 Å². The van der Waals surface area contributed by atoms with Crippen LogP contribution in [0.1, 0.15) is 47.2 Å². The Balaban J connectivity index is 2.35. The first-order valence-corrected chi connectivity index (χ1v) is 8.02. The summed E-state index contributed by atoms with van der Waals surface area (Å²) in [6.07, 6.45) is 0. The van der Waals surface area contributed by atoms with E-state index in [1.165, 1.54) is 29.3 Å². The lowest BCUT2D eigenvalue weighted by atomic mass is 10.1. The third-order valence-corrected chi connectivity index (χ3v) is 3.70. The van der Waals surface area contributed by atoms with Gasteiger partial charge in [0.2, 0.25) is 0 Å². The maximum Gasteiger partial charge on any atom is 0.274 e. The number of hydrogen-bond donors (Lipinski definition) is 1. The summed E-state index contributed by atoms with van der Waals surface area (Å²) in [5.74, 6) is -1.83. The molecular weight excluding hydrogens is 345 g/mol. The van der Waals surface area contributed by atoms with Crippen LogP contribution >= 0.6 is 11.6 Å². The van der Waals surface area contributed by atoms with Crippen LogP contribution in [-0.4, -0.2) is 27.3 Å². The second-order valence-electron chi connectivity index (χ2n) is 6.50. The van der Waals surface area contributed by atoms with E-state index in [-0.39, 0.29) is 10.7 Å². The van der Waals surface area contributed by atoms with Gasteiger partial charge >= 0.3 is 0 Å². The van der Waals surface area contributed by atoms with E-state index < -0.39 is 23.2 Å². The highest BCUT2D eigenvalue weighted by Crippen LogP contribution is 2.19. The third-order valence-electron chi connectivity index (χ3n) is 3.49. The summed E-state index contributed by atoms with van der Waals surface area (Å²) in [6.45, 7) is 6.92. The van der Waals surface area contributed by atoms with Gasteiger partial charge in [0.1, 0.15) is 11.0 Å². The van der Waals surface area contributed by atoms with Crippen molar-refractivity contribution in [3.63, 3.8) is 0 Å². The van der Waals surface area contributed by atoms with Gasteiger partial charge in [-0.3, -0.25) is 15.0 Å². The zero-order chi connectivity index (χ0) is 18.8. The van der Waals surface area contributed by atoms with Crippen molar-refractivity contribution in [3.8, 4) is 0 Å². The van der Waals surface area contributed by atoms with E-state index in [1.807, 2.05) is 0 Å². The number of carbonyl (C=O) groups excluding carboxylic acids is 2. The van der Waals surface area contributed by atoms with Gasteiger partial charge in [0.15, 0.2) is 0 Å². The van der Waals surface area contributed by atoms with Gasteiger partial charge in [0.25, 0.3) is 11.8 Å². The predicted molar refractivity (Wildman–Crippen MR) is 93.8 cm³/mol. The highest BCUT2D eigenvalue weighted by atomic mass is 35.5. The SMILES string of the molecule is Cc1nc(Cl)ccc1C(=O)N(NC(=O)c1ccccc1F)C(C)(C)C. The number of nitrogens with one attached hydrogen (secondary N) is 1. The Morgan fingerprint density at radius 1 is 1.12 bits per heavy atom. The number of halogens is 2. The Morgan fingerprint density at radius 2 is 1.76 bits per heavy atom. The first kappa shape index (κ1) is 18.9. The fourth-order valence-corrected chi connectivity index (χ4v) is 2.40. The molecule has 132 valence electrons. The van der Waals surface area contributed by atoms with Gasteiger partial charge in [-0.25, -0.2) is 14.4 Å². The molecule has 1 aromatic heterocycles. The van der Waals surface area contributed by atoms with Crippen LogP contribution in [0.15, 0.2) is 36.4 Å². The zero-order valence-corrected chi connectivity index (χ0v) is 15.2. The minimum Gasteiger partial charge on any atom is -0.267 e. The molecule has 1 aromatic carbocycles. The lowest BCUT2D eigenvalue weighted by Crippen LogP contribution is -2.56. The maximum absolute atomic E-state index is 13.8. The molecule has 0 bridgehead atoms. The molecule has 0 radical (unpaired) electrons. The topological polar surface area (TPSA) is 62.3 Å². The first-order valence-electron chi connectivity index (χ1n) is 7.64. The summed E-state index contributed by atoms with van der Waals surface area (Å²) < 4.78 is 13.8. The van der Waals surface area contributed by atoms with Crippen LogP contribution in [0.2, 0.25) is 5.15 Å². The van der Waals surface area contributed by atoms with Crippen molar-refractivity contribution in [3.05, 3.63) is 64.2 Å². The van der Waals surface area contributed by atoms with E-state index in [0.29, 0.717) is 11.3 Å². The quantitative estimate of drug-likeness (QED) is 0.652. The molecule has 7 heteroatoms. The van der Waals surface area contributed by atoms with Crippen molar-refractivity contribution in [1.29, 1.82) is 0 Å². The summed E-state index contributed by atoms with van der Waals surface area (Å²) in [7, 11) is 0. The van der Waals surface area contributed by atoms with E-state index in [2.05, 4.69) is 10.4 Å². The molecule has 0 saturated heterocycles. The number of pyridine rings is 1. The molecular formula is C18H19ClFN3O2. The summed E-state index contributed by atoms with van der Waals surface area (Å²) in [5, 5.41) is 1.44. The van der Waals surface area contributed by atoms with Crippen LogP contribution in [0.3, 0.4) is 0 Å². The Hall–Kier alpha value is -2.47. The number of aromatic nitrogens is 1.